The highest BCUT2D eigenvalue weighted by Crippen LogP contribution is 2.32. The van der Waals surface area contributed by atoms with E-state index in [1.165, 1.54) is 20.3 Å². The highest BCUT2D eigenvalue weighted by atomic mass is 19.1. The van der Waals surface area contributed by atoms with E-state index in [9.17, 15) is 14.0 Å². The molecule has 8 heteroatoms. The van der Waals surface area contributed by atoms with Gasteiger partial charge in [-0.3, -0.25) is 14.6 Å². The van der Waals surface area contributed by atoms with Gasteiger partial charge in [0, 0.05) is 24.5 Å². The largest absolute Gasteiger partial charge is 0.493 e. The van der Waals surface area contributed by atoms with Crippen molar-refractivity contribution in [2.45, 2.75) is 13.0 Å². The Labute approximate surface area is 144 Å². The van der Waals surface area contributed by atoms with Crippen molar-refractivity contribution in [2.24, 2.45) is 0 Å². The number of benzene rings is 1. The highest BCUT2D eigenvalue weighted by molar-refractivity contribution is 6.39. The number of halogens is 1. The first kappa shape index (κ1) is 18.2. The van der Waals surface area contributed by atoms with E-state index in [0.29, 0.717) is 0 Å². The molecule has 0 aliphatic rings. The van der Waals surface area contributed by atoms with Crippen LogP contribution in [0.1, 0.15) is 18.5 Å². The molecule has 1 aromatic carbocycles. The van der Waals surface area contributed by atoms with Crippen LogP contribution in [-0.2, 0) is 9.59 Å². The van der Waals surface area contributed by atoms with E-state index in [2.05, 4.69) is 15.6 Å². The van der Waals surface area contributed by atoms with Crippen LogP contribution in [-0.4, -0.2) is 31.0 Å². The molecule has 2 aromatic rings. The SMILES string of the molecule is COc1cc(F)c(NC(=O)C(=O)NC(C)c2cccnc2)cc1OC. The number of carbonyl (C=O) groups excluding carboxylic acids is 2. The van der Waals surface area contributed by atoms with Crippen molar-refractivity contribution in [3.8, 4) is 11.5 Å². The topological polar surface area (TPSA) is 89.5 Å². The van der Waals surface area contributed by atoms with Crippen LogP contribution in [0.4, 0.5) is 10.1 Å². The van der Waals surface area contributed by atoms with E-state index in [4.69, 9.17) is 9.47 Å². The quantitative estimate of drug-likeness (QED) is 0.808. The minimum atomic E-state index is -0.998. The van der Waals surface area contributed by atoms with Gasteiger partial charge < -0.3 is 20.1 Å². The number of hydrogen-bond donors (Lipinski definition) is 2. The number of rotatable bonds is 5. The van der Waals surface area contributed by atoms with Gasteiger partial charge in [0.15, 0.2) is 17.3 Å². The number of aromatic nitrogens is 1. The summed E-state index contributed by atoms with van der Waals surface area (Å²) in [5.41, 5.74) is 0.549. The third-order valence-corrected chi connectivity index (χ3v) is 3.46. The normalized spacial score (nSPS) is 11.4. The number of carbonyl (C=O) groups is 2. The van der Waals surface area contributed by atoms with Crippen molar-refractivity contribution >= 4 is 17.5 Å². The molecule has 25 heavy (non-hydrogen) atoms. The van der Waals surface area contributed by atoms with Gasteiger partial charge in [-0.15, -0.1) is 0 Å². The van der Waals surface area contributed by atoms with E-state index in [1.807, 2.05) is 0 Å². The molecule has 132 valence electrons. The second-order valence-corrected chi connectivity index (χ2v) is 5.12. The second-order valence-electron chi connectivity index (χ2n) is 5.12. The molecule has 0 radical (unpaired) electrons. The average molecular weight is 347 g/mol. The maximum Gasteiger partial charge on any atom is 0.313 e. The van der Waals surface area contributed by atoms with E-state index < -0.39 is 23.7 Å². The summed E-state index contributed by atoms with van der Waals surface area (Å²) in [6.45, 7) is 1.71. The summed E-state index contributed by atoms with van der Waals surface area (Å²) in [5.74, 6) is -2.25. The lowest BCUT2D eigenvalue weighted by Crippen LogP contribution is -2.37. The van der Waals surface area contributed by atoms with Crippen LogP contribution < -0.4 is 20.1 Å². The predicted octanol–water partition coefficient (Wildman–Crippen LogP) is 2.05. The molecule has 0 fully saturated rings. The fraction of sp³-hybridized carbons (Fsp3) is 0.235. The number of anilines is 1. The Morgan fingerprint density at radius 3 is 2.44 bits per heavy atom. The Kier molecular flexibility index (Phi) is 5.89. The second kappa shape index (κ2) is 8.09. The van der Waals surface area contributed by atoms with Gasteiger partial charge >= 0.3 is 11.8 Å². The summed E-state index contributed by atoms with van der Waals surface area (Å²) in [6, 6.07) is 5.36. The predicted molar refractivity (Wildman–Crippen MR) is 88.9 cm³/mol. The van der Waals surface area contributed by atoms with Gasteiger partial charge in [0.05, 0.1) is 25.9 Å². The molecule has 0 bridgehead atoms. The molecular formula is C17H18FN3O4. The molecule has 0 saturated carbocycles. The molecule has 0 aliphatic heterocycles. The number of methoxy groups -OCH3 is 2. The van der Waals surface area contributed by atoms with Gasteiger partial charge in [-0.1, -0.05) is 6.07 Å². The Balaban J connectivity index is 2.07. The van der Waals surface area contributed by atoms with Crippen LogP contribution in [0, 0.1) is 5.82 Å². The third-order valence-electron chi connectivity index (χ3n) is 3.46. The Morgan fingerprint density at radius 2 is 1.84 bits per heavy atom. The lowest BCUT2D eigenvalue weighted by atomic mass is 10.1. The lowest BCUT2D eigenvalue weighted by molar-refractivity contribution is -0.136. The molecule has 0 saturated heterocycles. The van der Waals surface area contributed by atoms with Crippen molar-refractivity contribution in [1.29, 1.82) is 0 Å². The summed E-state index contributed by atoms with van der Waals surface area (Å²) >= 11 is 0. The maximum absolute atomic E-state index is 14.0. The molecule has 2 N–H and O–H groups in total. The van der Waals surface area contributed by atoms with Crippen LogP contribution in [0.2, 0.25) is 0 Å². The van der Waals surface area contributed by atoms with Crippen LogP contribution in [0.15, 0.2) is 36.7 Å². The number of hydrogen-bond acceptors (Lipinski definition) is 5. The monoisotopic (exact) mass is 347 g/mol. The Hall–Kier alpha value is -3.16. The molecule has 1 atom stereocenters. The molecular weight excluding hydrogens is 329 g/mol. The first-order valence-electron chi connectivity index (χ1n) is 7.39. The van der Waals surface area contributed by atoms with Crippen molar-refractivity contribution in [1.82, 2.24) is 10.3 Å². The summed E-state index contributed by atoms with van der Waals surface area (Å²) in [7, 11) is 2.74. The van der Waals surface area contributed by atoms with Gasteiger partial charge in [-0.2, -0.15) is 0 Å². The minimum absolute atomic E-state index is 0.174. The van der Waals surface area contributed by atoms with Crippen LogP contribution in [0.5, 0.6) is 11.5 Å². The van der Waals surface area contributed by atoms with Gasteiger partial charge in [-0.05, 0) is 18.6 Å². The molecule has 2 amide bonds. The highest BCUT2D eigenvalue weighted by Gasteiger charge is 2.20. The number of amides is 2. The van der Waals surface area contributed by atoms with Crippen LogP contribution >= 0.6 is 0 Å². The summed E-state index contributed by atoms with van der Waals surface area (Å²) in [5, 5.41) is 4.73. The first-order chi connectivity index (χ1) is 12.0. The number of ether oxygens (including phenoxy) is 2. The fourth-order valence-corrected chi connectivity index (χ4v) is 2.11. The Morgan fingerprint density at radius 1 is 1.16 bits per heavy atom. The summed E-state index contributed by atoms with van der Waals surface area (Å²) in [6.07, 6.45) is 3.18. The third kappa shape index (κ3) is 4.43. The van der Waals surface area contributed by atoms with Gasteiger partial charge in [0.1, 0.15) is 0 Å². The van der Waals surface area contributed by atoms with E-state index >= 15 is 0 Å². The van der Waals surface area contributed by atoms with Crippen molar-refractivity contribution in [3.63, 3.8) is 0 Å². The zero-order chi connectivity index (χ0) is 18.4. The number of nitrogens with one attached hydrogen (secondary N) is 2. The van der Waals surface area contributed by atoms with Gasteiger partial charge in [0.2, 0.25) is 0 Å². The number of pyridine rings is 1. The average Bonchev–Trinajstić information content (AvgIpc) is 2.63. The zero-order valence-electron chi connectivity index (χ0n) is 14.0. The zero-order valence-corrected chi connectivity index (χ0v) is 14.0. The van der Waals surface area contributed by atoms with E-state index in [-0.39, 0.29) is 17.2 Å². The Bertz CT molecular complexity index is 768. The lowest BCUT2D eigenvalue weighted by Gasteiger charge is -2.14. The van der Waals surface area contributed by atoms with Crippen molar-refractivity contribution in [2.75, 3.05) is 19.5 Å². The van der Waals surface area contributed by atoms with E-state index in [1.54, 1.807) is 31.5 Å². The standard InChI is InChI=1S/C17H18FN3O4/c1-10(11-5-4-6-19-9-11)20-16(22)17(23)21-13-8-15(25-3)14(24-2)7-12(13)18/h4-10H,1-3H3,(H,20,22)(H,21,23). The van der Waals surface area contributed by atoms with Crippen molar-refractivity contribution in [3.05, 3.63) is 48.0 Å². The smallest absolute Gasteiger partial charge is 0.313 e. The first-order valence-corrected chi connectivity index (χ1v) is 7.39. The summed E-state index contributed by atoms with van der Waals surface area (Å²) < 4.78 is 24.0. The molecule has 7 nitrogen and oxygen atoms in total. The van der Waals surface area contributed by atoms with Crippen molar-refractivity contribution < 1.29 is 23.5 Å². The van der Waals surface area contributed by atoms with E-state index in [0.717, 1.165) is 11.6 Å². The number of nitrogens with zero attached hydrogens (tertiary/aromatic N) is 1. The molecule has 1 unspecified atom stereocenters. The van der Waals surface area contributed by atoms with Gasteiger partial charge in [0.25, 0.3) is 0 Å². The molecule has 1 aromatic heterocycles. The molecule has 2 rings (SSSR count). The maximum atomic E-state index is 14.0. The van der Waals surface area contributed by atoms with Crippen LogP contribution in [0.25, 0.3) is 0 Å². The van der Waals surface area contributed by atoms with Gasteiger partial charge in [-0.25, -0.2) is 4.39 Å². The summed E-state index contributed by atoms with van der Waals surface area (Å²) in [4.78, 5) is 28.0. The molecule has 0 spiro atoms. The molecule has 1 heterocycles. The molecule has 0 aliphatic carbocycles. The fourth-order valence-electron chi connectivity index (χ4n) is 2.11. The van der Waals surface area contributed by atoms with Crippen LogP contribution in [0.3, 0.4) is 0 Å². The minimum Gasteiger partial charge on any atom is -0.493 e.